The summed E-state index contributed by atoms with van der Waals surface area (Å²) in [5.74, 6) is 2.80. The van der Waals surface area contributed by atoms with Gasteiger partial charge in [-0.15, -0.1) is 0 Å². The van der Waals surface area contributed by atoms with Crippen molar-refractivity contribution in [1.82, 2.24) is 19.5 Å². The van der Waals surface area contributed by atoms with Crippen LogP contribution in [-0.2, 0) is 6.54 Å². The van der Waals surface area contributed by atoms with Crippen LogP contribution in [-0.4, -0.2) is 38.5 Å². The van der Waals surface area contributed by atoms with Crippen LogP contribution in [0, 0.1) is 0 Å². The summed E-state index contributed by atoms with van der Waals surface area (Å²) in [6, 6.07) is 19.5. The Hall–Kier alpha value is -3.26. The van der Waals surface area contributed by atoms with Gasteiger partial charge in [-0.1, -0.05) is 48.2 Å². The fourth-order valence-electron chi connectivity index (χ4n) is 2.83. The van der Waals surface area contributed by atoms with Gasteiger partial charge in [0, 0.05) is 5.75 Å². The molecule has 4 aromatic rings. The van der Waals surface area contributed by atoms with Crippen LogP contribution < -0.4 is 15.2 Å². The number of fused-ring (bicyclic) bond motifs is 1. The summed E-state index contributed by atoms with van der Waals surface area (Å²) in [5, 5.41) is 0.820. The molecule has 0 saturated heterocycles. The van der Waals surface area contributed by atoms with Crippen molar-refractivity contribution >= 4 is 28.7 Å². The molecular weight excluding hydrogens is 386 g/mol. The van der Waals surface area contributed by atoms with E-state index >= 15 is 0 Å². The SMILES string of the molecule is Nc1ncnc2c1nc(SCCOc1ccccc1)n2CCOc1ccccc1. The van der Waals surface area contributed by atoms with Crippen LogP contribution in [0.5, 0.6) is 11.5 Å². The highest BCUT2D eigenvalue weighted by Crippen LogP contribution is 2.25. The van der Waals surface area contributed by atoms with Gasteiger partial charge in [-0.2, -0.15) is 0 Å². The van der Waals surface area contributed by atoms with Crippen LogP contribution in [0.1, 0.15) is 0 Å². The molecule has 0 saturated carbocycles. The second-order valence-corrected chi connectivity index (χ2v) is 7.21. The summed E-state index contributed by atoms with van der Waals surface area (Å²) in [6.07, 6.45) is 1.46. The van der Waals surface area contributed by atoms with Crippen LogP contribution in [0.4, 0.5) is 5.82 Å². The molecule has 0 unspecified atom stereocenters. The monoisotopic (exact) mass is 407 g/mol. The number of hydrogen-bond acceptors (Lipinski definition) is 7. The fraction of sp³-hybridized carbons (Fsp3) is 0.190. The van der Waals surface area contributed by atoms with Crippen molar-refractivity contribution in [2.45, 2.75) is 11.7 Å². The molecule has 0 aliphatic rings. The third-order valence-corrected chi connectivity index (χ3v) is 5.12. The second-order valence-electron chi connectivity index (χ2n) is 6.15. The van der Waals surface area contributed by atoms with Crippen molar-refractivity contribution < 1.29 is 9.47 Å². The van der Waals surface area contributed by atoms with Crippen molar-refractivity contribution in [2.24, 2.45) is 0 Å². The van der Waals surface area contributed by atoms with Gasteiger partial charge in [-0.25, -0.2) is 15.0 Å². The van der Waals surface area contributed by atoms with E-state index in [1.54, 1.807) is 11.8 Å². The van der Waals surface area contributed by atoms with Crippen LogP contribution in [0.25, 0.3) is 11.2 Å². The summed E-state index contributed by atoms with van der Waals surface area (Å²) >= 11 is 1.59. The Morgan fingerprint density at radius 2 is 1.52 bits per heavy atom. The summed E-state index contributed by atoms with van der Waals surface area (Å²) < 4.78 is 13.6. The molecule has 4 rings (SSSR count). The maximum atomic E-state index is 6.00. The molecule has 2 N–H and O–H groups in total. The minimum atomic E-state index is 0.375. The average molecular weight is 407 g/mol. The van der Waals surface area contributed by atoms with Crippen LogP contribution in [0.3, 0.4) is 0 Å². The fourth-order valence-corrected chi connectivity index (χ4v) is 3.67. The Morgan fingerprint density at radius 3 is 2.21 bits per heavy atom. The molecule has 2 aromatic heterocycles. The number of aromatic nitrogens is 4. The summed E-state index contributed by atoms with van der Waals surface area (Å²) in [5.41, 5.74) is 7.32. The predicted molar refractivity (Wildman–Crippen MR) is 114 cm³/mol. The van der Waals surface area contributed by atoms with Crippen molar-refractivity contribution in [3.05, 3.63) is 67.0 Å². The zero-order chi connectivity index (χ0) is 19.9. The Kier molecular flexibility index (Phi) is 6.11. The van der Waals surface area contributed by atoms with Gasteiger partial charge in [-0.05, 0) is 24.3 Å². The normalized spacial score (nSPS) is 10.9. The first kappa shape index (κ1) is 19.1. The molecule has 0 bridgehead atoms. The molecule has 7 nitrogen and oxygen atoms in total. The topological polar surface area (TPSA) is 88.1 Å². The lowest BCUT2D eigenvalue weighted by Crippen LogP contribution is -2.10. The quantitative estimate of drug-likeness (QED) is 0.335. The van der Waals surface area contributed by atoms with Gasteiger partial charge in [0.25, 0.3) is 0 Å². The van der Waals surface area contributed by atoms with Crippen LogP contribution in [0.2, 0.25) is 0 Å². The van der Waals surface area contributed by atoms with Gasteiger partial charge in [-0.3, -0.25) is 0 Å². The van der Waals surface area contributed by atoms with E-state index in [1.165, 1.54) is 6.33 Å². The molecule has 0 atom stereocenters. The minimum Gasteiger partial charge on any atom is -0.493 e. The number of anilines is 1. The van der Waals surface area contributed by atoms with Crippen molar-refractivity contribution in [3.8, 4) is 11.5 Å². The Balaban J connectivity index is 1.43. The van der Waals surface area contributed by atoms with E-state index in [2.05, 4.69) is 15.0 Å². The predicted octanol–water partition coefficient (Wildman–Crippen LogP) is 3.66. The first-order valence-corrected chi connectivity index (χ1v) is 10.2. The average Bonchev–Trinajstić information content (AvgIpc) is 3.12. The second kappa shape index (κ2) is 9.29. The number of imidazole rings is 1. The highest BCUT2D eigenvalue weighted by Gasteiger charge is 2.15. The van der Waals surface area contributed by atoms with E-state index in [9.17, 15) is 0 Å². The van der Waals surface area contributed by atoms with Gasteiger partial charge in [0.05, 0.1) is 13.2 Å². The Bertz CT molecular complexity index is 1060. The molecule has 0 spiro atoms. The molecule has 29 heavy (non-hydrogen) atoms. The lowest BCUT2D eigenvalue weighted by Gasteiger charge is -2.10. The molecule has 148 valence electrons. The number of thioether (sulfide) groups is 1. The summed E-state index contributed by atoms with van der Waals surface area (Å²) in [7, 11) is 0. The summed E-state index contributed by atoms with van der Waals surface area (Å²) in [6.45, 7) is 1.66. The number of para-hydroxylation sites is 2. The number of rotatable bonds is 9. The number of ether oxygens (including phenoxy) is 2. The van der Waals surface area contributed by atoms with Crippen LogP contribution >= 0.6 is 11.8 Å². The minimum absolute atomic E-state index is 0.375. The number of benzene rings is 2. The Morgan fingerprint density at radius 1 is 0.862 bits per heavy atom. The third-order valence-electron chi connectivity index (χ3n) is 4.18. The maximum absolute atomic E-state index is 6.00. The maximum Gasteiger partial charge on any atom is 0.170 e. The first-order valence-electron chi connectivity index (χ1n) is 9.26. The highest BCUT2D eigenvalue weighted by molar-refractivity contribution is 7.99. The lowest BCUT2D eigenvalue weighted by atomic mass is 10.3. The molecule has 0 aliphatic carbocycles. The zero-order valence-corrected chi connectivity index (χ0v) is 16.6. The number of nitrogens with zero attached hydrogens (tertiary/aromatic N) is 4. The van der Waals surface area contributed by atoms with Crippen molar-refractivity contribution in [2.75, 3.05) is 24.7 Å². The van der Waals surface area contributed by atoms with E-state index in [4.69, 9.17) is 15.2 Å². The van der Waals surface area contributed by atoms with Crippen molar-refractivity contribution in [3.63, 3.8) is 0 Å². The van der Waals surface area contributed by atoms with E-state index in [0.29, 0.717) is 36.7 Å². The first-order chi connectivity index (χ1) is 14.3. The molecular formula is C21H21N5O2S. The molecule has 0 amide bonds. The van der Waals surface area contributed by atoms with Crippen LogP contribution in [0.15, 0.2) is 72.1 Å². The standard InChI is InChI=1S/C21H21N5O2S/c22-19-18-20(24-15-23-19)26(11-12-27-16-7-3-1-4-8-16)21(25-18)29-14-13-28-17-9-5-2-6-10-17/h1-10,15H,11-14H2,(H2,22,23,24). The molecule has 0 aliphatic heterocycles. The molecule has 8 heteroatoms. The lowest BCUT2D eigenvalue weighted by molar-refractivity contribution is 0.295. The van der Waals surface area contributed by atoms with Gasteiger partial charge in [0.1, 0.15) is 24.4 Å². The van der Waals surface area contributed by atoms with E-state index in [-0.39, 0.29) is 0 Å². The molecule has 2 heterocycles. The van der Waals surface area contributed by atoms with E-state index in [1.807, 2.05) is 65.2 Å². The summed E-state index contributed by atoms with van der Waals surface area (Å²) in [4.78, 5) is 13.1. The Labute approximate surface area is 172 Å². The molecule has 0 fully saturated rings. The largest absolute Gasteiger partial charge is 0.493 e. The highest BCUT2D eigenvalue weighted by atomic mass is 32.2. The zero-order valence-electron chi connectivity index (χ0n) is 15.8. The van der Waals surface area contributed by atoms with Gasteiger partial charge in [0.15, 0.2) is 22.1 Å². The van der Waals surface area contributed by atoms with Gasteiger partial charge >= 0.3 is 0 Å². The number of nitrogen functional groups attached to an aromatic ring is 1. The van der Waals surface area contributed by atoms with Gasteiger partial charge in [0.2, 0.25) is 0 Å². The molecule has 2 aromatic carbocycles. The van der Waals surface area contributed by atoms with Gasteiger partial charge < -0.3 is 19.8 Å². The van der Waals surface area contributed by atoms with Crippen molar-refractivity contribution in [1.29, 1.82) is 0 Å². The number of nitrogens with two attached hydrogens (primary N) is 1. The van der Waals surface area contributed by atoms with E-state index < -0.39 is 0 Å². The number of hydrogen-bond donors (Lipinski definition) is 1. The van der Waals surface area contributed by atoms with E-state index in [0.717, 1.165) is 22.4 Å². The molecule has 0 radical (unpaired) electrons. The smallest absolute Gasteiger partial charge is 0.170 e. The third kappa shape index (κ3) is 4.78.